The highest BCUT2D eigenvalue weighted by Crippen LogP contribution is 2.18. The van der Waals surface area contributed by atoms with E-state index >= 15 is 0 Å². The fraction of sp³-hybridized carbons (Fsp3) is 0.889. The lowest BCUT2D eigenvalue weighted by atomic mass is 9.98. The van der Waals surface area contributed by atoms with Crippen LogP contribution in [0.3, 0.4) is 0 Å². The number of carbonyl (C=O) groups is 1. The van der Waals surface area contributed by atoms with Gasteiger partial charge < -0.3 is 0 Å². The Morgan fingerprint density at radius 2 is 2.08 bits per heavy atom. The zero-order valence-electron chi connectivity index (χ0n) is 9.22. The summed E-state index contributed by atoms with van der Waals surface area (Å²) < 4.78 is 0. The Morgan fingerprint density at radius 1 is 1.62 bits per heavy atom. The number of nitrogens with one attached hydrogen (secondary N) is 1. The molecule has 0 fully saturated rings. The quantitative estimate of drug-likeness (QED) is 0.382. The van der Waals surface area contributed by atoms with Crippen molar-refractivity contribution in [1.29, 1.82) is 0 Å². The Balaban J connectivity index is 4.41. The van der Waals surface area contributed by atoms with Gasteiger partial charge in [-0.3, -0.25) is 15.1 Å². The molecule has 0 saturated heterocycles. The zero-order chi connectivity index (χ0) is 10.6. The first kappa shape index (κ1) is 12.4. The van der Waals surface area contributed by atoms with Gasteiger partial charge in [0.15, 0.2) is 0 Å². The van der Waals surface area contributed by atoms with E-state index in [4.69, 9.17) is 5.84 Å². The predicted octanol–water partition coefficient (Wildman–Crippen LogP) is 0.485. The lowest BCUT2D eigenvalue weighted by Crippen LogP contribution is -2.53. The minimum Gasteiger partial charge on any atom is -0.293 e. The highest BCUT2D eigenvalue weighted by Gasteiger charge is 2.28. The second-order valence-corrected chi connectivity index (χ2v) is 3.96. The van der Waals surface area contributed by atoms with E-state index < -0.39 is 0 Å². The third-order valence-corrected chi connectivity index (χ3v) is 2.92. The lowest BCUT2D eigenvalue weighted by molar-refractivity contribution is -0.127. The van der Waals surface area contributed by atoms with Crippen LogP contribution in [0.25, 0.3) is 0 Å². The Hall–Kier alpha value is -0.610. The van der Waals surface area contributed by atoms with Crippen LogP contribution in [-0.4, -0.2) is 29.4 Å². The summed E-state index contributed by atoms with van der Waals surface area (Å²) in [4.78, 5) is 13.3. The molecule has 0 aliphatic heterocycles. The molecule has 0 radical (unpaired) electrons. The largest absolute Gasteiger partial charge is 0.293 e. The molecule has 0 aromatic rings. The molecule has 4 nitrogen and oxygen atoms in total. The van der Waals surface area contributed by atoms with Gasteiger partial charge in [-0.05, 0) is 34.2 Å². The van der Waals surface area contributed by atoms with Gasteiger partial charge in [0.05, 0.1) is 6.04 Å². The molecular weight excluding hydrogens is 166 g/mol. The monoisotopic (exact) mass is 187 g/mol. The molecule has 0 aliphatic carbocycles. The van der Waals surface area contributed by atoms with Gasteiger partial charge in [0.1, 0.15) is 0 Å². The molecule has 0 aromatic carbocycles. The van der Waals surface area contributed by atoms with Crippen molar-refractivity contribution in [3.05, 3.63) is 0 Å². The standard InChI is InChI=1S/C9H21N3O/c1-6-9(3,4)12(5)7(2)8(13)11-10/h7H,6,10H2,1-5H3,(H,11,13). The van der Waals surface area contributed by atoms with E-state index in [2.05, 4.69) is 26.2 Å². The number of hydrazine groups is 1. The van der Waals surface area contributed by atoms with Crippen molar-refractivity contribution < 1.29 is 4.79 Å². The van der Waals surface area contributed by atoms with E-state index in [1.165, 1.54) is 0 Å². The number of nitrogens with zero attached hydrogens (tertiary/aromatic N) is 1. The van der Waals surface area contributed by atoms with Crippen LogP contribution in [0.4, 0.5) is 0 Å². The maximum absolute atomic E-state index is 11.2. The van der Waals surface area contributed by atoms with Crippen LogP contribution in [0.2, 0.25) is 0 Å². The number of likely N-dealkylation sites (N-methyl/N-ethyl adjacent to an activating group) is 1. The summed E-state index contributed by atoms with van der Waals surface area (Å²) in [5, 5.41) is 0. The first-order chi connectivity index (χ1) is 5.86. The van der Waals surface area contributed by atoms with Gasteiger partial charge in [-0.2, -0.15) is 0 Å². The van der Waals surface area contributed by atoms with Crippen molar-refractivity contribution in [2.45, 2.75) is 45.7 Å². The second-order valence-electron chi connectivity index (χ2n) is 3.96. The Bertz CT molecular complexity index is 180. The van der Waals surface area contributed by atoms with Gasteiger partial charge in [-0.1, -0.05) is 6.92 Å². The third kappa shape index (κ3) is 2.97. The molecule has 1 atom stereocenters. The number of rotatable bonds is 4. The highest BCUT2D eigenvalue weighted by atomic mass is 16.2. The molecule has 4 heteroatoms. The number of hydrogen-bond acceptors (Lipinski definition) is 3. The second kappa shape index (κ2) is 4.58. The van der Waals surface area contributed by atoms with Gasteiger partial charge >= 0.3 is 0 Å². The average Bonchev–Trinajstić information content (AvgIpc) is 2.14. The molecule has 1 amide bonds. The van der Waals surface area contributed by atoms with Crippen molar-refractivity contribution in [2.24, 2.45) is 5.84 Å². The summed E-state index contributed by atoms with van der Waals surface area (Å²) >= 11 is 0. The summed E-state index contributed by atoms with van der Waals surface area (Å²) in [6.45, 7) is 8.16. The number of nitrogens with two attached hydrogens (primary N) is 1. The SMILES string of the molecule is CCC(C)(C)N(C)C(C)C(=O)NN. The van der Waals surface area contributed by atoms with Gasteiger partial charge in [-0.15, -0.1) is 0 Å². The Kier molecular flexibility index (Phi) is 4.36. The number of amides is 1. The van der Waals surface area contributed by atoms with Gasteiger partial charge in [-0.25, -0.2) is 5.84 Å². The summed E-state index contributed by atoms with van der Waals surface area (Å²) in [6, 6.07) is -0.194. The van der Waals surface area contributed by atoms with Gasteiger partial charge in [0.25, 0.3) is 5.91 Å². The van der Waals surface area contributed by atoms with Crippen LogP contribution in [-0.2, 0) is 4.79 Å². The fourth-order valence-corrected chi connectivity index (χ4v) is 1.07. The van der Waals surface area contributed by atoms with Crippen molar-refractivity contribution in [2.75, 3.05) is 7.05 Å². The first-order valence-electron chi connectivity index (χ1n) is 4.60. The maximum atomic E-state index is 11.2. The summed E-state index contributed by atoms with van der Waals surface area (Å²) in [5.41, 5.74) is 2.18. The van der Waals surface area contributed by atoms with E-state index in [0.717, 1.165) is 6.42 Å². The van der Waals surface area contributed by atoms with Gasteiger partial charge in [0, 0.05) is 5.54 Å². The van der Waals surface area contributed by atoms with Crippen LogP contribution in [0, 0.1) is 0 Å². The molecule has 0 heterocycles. The Labute approximate surface area is 80.4 Å². The van der Waals surface area contributed by atoms with E-state index in [-0.39, 0.29) is 17.5 Å². The lowest BCUT2D eigenvalue weighted by Gasteiger charge is -2.38. The van der Waals surface area contributed by atoms with Crippen LogP contribution >= 0.6 is 0 Å². The van der Waals surface area contributed by atoms with E-state index in [1.807, 2.05) is 18.9 Å². The molecule has 78 valence electrons. The minimum atomic E-state index is -0.194. The minimum absolute atomic E-state index is 0.0198. The highest BCUT2D eigenvalue weighted by molar-refractivity contribution is 5.80. The normalized spacial score (nSPS) is 14.4. The van der Waals surface area contributed by atoms with Crippen molar-refractivity contribution in [1.82, 2.24) is 10.3 Å². The molecule has 0 saturated carbocycles. The topological polar surface area (TPSA) is 58.4 Å². The fourth-order valence-electron chi connectivity index (χ4n) is 1.07. The molecule has 0 aliphatic rings. The van der Waals surface area contributed by atoms with Crippen LogP contribution in [0.5, 0.6) is 0 Å². The molecule has 13 heavy (non-hydrogen) atoms. The third-order valence-electron chi connectivity index (χ3n) is 2.92. The van der Waals surface area contributed by atoms with Crippen molar-refractivity contribution in [3.8, 4) is 0 Å². The Morgan fingerprint density at radius 3 is 2.38 bits per heavy atom. The molecule has 3 N–H and O–H groups in total. The summed E-state index contributed by atoms with van der Waals surface area (Å²) in [6.07, 6.45) is 0.992. The molecule has 0 rings (SSSR count). The van der Waals surface area contributed by atoms with Crippen molar-refractivity contribution in [3.63, 3.8) is 0 Å². The van der Waals surface area contributed by atoms with E-state index in [1.54, 1.807) is 0 Å². The van der Waals surface area contributed by atoms with Gasteiger partial charge in [0.2, 0.25) is 0 Å². The first-order valence-corrected chi connectivity index (χ1v) is 4.60. The molecule has 0 bridgehead atoms. The van der Waals surface area contributed by atoms with Crippen LogP contribution in [0.1, 0.15) is 34.1 Å². The number of hydrogen-bond donors (Lipinski definition) is 2. The summed E-state index contributed by atoms with van der Waals surface area (Å²) in [5.74, 6) is 4.92. The molecule has 0 aromatic heterocycles. The molecule has 1 unspecified atom stereocenters. The van der Waals surface area contributed by atoms with E-state index in [0.29, 0.717) is 0 Å². The maximum Gasteiger partial charge on any atom is 0.250 e. The zero-order valence-corrected chi connectivity index (χ0v) is 9.22. The molecule has 0 spiro atoms. The van der Waals surface area contributed by atoms with E-state index in [9.17, 15) is 4.79 Å². The average molecular weight is 187 g/mol. The van der Waals surface area contributed by atoms with Crippen molar-refractivity contribution >= 4 is 5.91 Å². The number of carbonyl (C=O) groups excluding carboxylic acids is 1. The van der Waals surface area contributed by atoms with Crippen LogP contribution < -0.4 is 11.3 Å². The smallest absolute Gasteiger partial charge is 0.250 e. The molecular formula is C9H21N3O. The van der Waals surface area contributed by atoms with Crippen LogP contribution in [0.15, 0.2) is 0 Å². The predicted molar refractivity (Wildman–Crippen MR) is 53.9 cm³/mol. The summed E-state index contributed by atoms with van der Waals surface area (Å²) in [7, 11) is 1.93.